The number of allylic oxidation sites excluding steroid dienone is 3. The molecule has 0 amide bonds. The summed E-state index contributed by atoms with van der Waals surface area (Å²) < 4.78 is 0. The molecule has 4 fully saturated rings. The fraction of sp³-hybridized carbons (Fsp3) is 0.714. The predicted octanol–water partition coefficient (Wildman–Crippen LogP) is 9.18. The highest BCUT2D eigenvalue weighted by atomic mass is 32.1. The van der Waals surface area contributed by atoms with Gasteiger partial charge in [-0.25, -0.2) is 4.79 Å². The third-order valence-electron chi connectivity index (χ3n) is 14.2. The fourth-order valence-electron chi connectivity index (χ4n) is 12.1. The van der Waals surface area contributed by atoms with Crippen molar-refractivity contribution in [3.63, 3.8) is 0 Å². The maximum atomic E-state index is 12.9. The van der Waals surface area contributed by atoms with Crippen LogP contribution in [0.15, 0.2) is 30.4 Å². The Balaban J connectivity index is 1.38. The molecule has 0 unspecified atom stereocenters. The minimum absolute atomic E-state index is 0.0335. The quantitative estimate of drug-likeness (QED) is 0.358. The second kappa shape index (κ2) is 8.82. The number of carboxylic acids is 2. The van der Waals surface area contributed by atoms with Crippen molar-refractivity contribution < 1.29 is 19.8 Å². The van der Waals surface area contributed by atoms with Gasteiger partial charge in [-0.3, -0.25) is 4.79 Å². The summed E-state index contributed by atoms with van der Waals surface area (Å²) in [7, 11) is 0. The van der Waals surface area contributed by atoms with Gasteiger partial charge in [-0.05, 0) is 134 Å². The van der Waals surface area contributed by atoms with E-state index in [4.69, 9.17) is 0 Å². The standard InChI is InChI=1S/C35H48O4S/c1-20(2)21-12-17-35(30(38)39)19-18-33(6)23(28(21)35)8-11-27-32(5)15-13-22(24-9-10-25(40-24)29(36)37)31(3,4)26(32)14-16-34(27,33)7/h9-10,13,21,23,26-28H,1,8,11-12,14-19H2,2-7H3,(H,36,37)(H,38,39)/t21-,23+,26-,27+,28+,32-,33+,34+,35-/m0/s1. The number of carbonyl (C=O) groups is 2. The summed E-state index contributed by atoms with van der Waals surface area (Å²) in [6.45, 7) is 19.0. The SMILES string of the molecule is C=C(C)[C@@H]1CC[C@]2(C(=O)O)CC[C@]3(C)[C@H](CC[C@@H]4[C@@]5(C)CC=C(c6ccc(C(=O)O)s6)C(C)(C)[C@@H]5CC[C@]43C)[C@@H]12. The number of carboxylic acid groups (broad SMARTS) is 2. The van der Waals surface area contributed by atoms with Crippen LogP contribution in [0.3, 0.4) is 0 Å². The topological polar surface area (TPSA) is 74.6 Å². The van der Waals surface area contributed by atoms with Crippen molar-refractivity contribution in [2.75, 3.05) is 0 Å². The average molecular weight is 565 g/mol. The molecule has 2 N–H and O–H groups in total. The normalized spacial score (nSPS) is 45.4. The van der Waals surface area contributed by atoms with E-state index in [1.807, 2.05) is 6.07 Å². The molecule has 40 heavy (non-hydrogen) atoms. The predicted molar refractivity (Wildman–Crippen MR) is 161 cm³/mol. The van der Waals surface area contributed by atoms with E-state index in [1.165, 1.54) is 41.7 Å². The van der Waals surface area contributed by atoms with Gasteiger partial charge in [-0.2, -0.15) is 0 Å². The monoisotopic (exact) mass is 564 g/mol. The van der Waals surface area contributed by atoms with Crippen LogP contribution in [0.1, 0.15) is 114 Å². The van der Waals surface area contributed by atoms with Crippen molar-refractivity contribution in [3.05, 3.63) is 40.1 Å². The third kappa shape index (κ3) is 3.42. The molecule has 0 saturated heterocycles. The summed E-state index contributed by atoms with van der Waals surface area (Å²) in [5.41, 5.74) is 2.39. The molecule has 0 aromatic carbocycles. The van der Waals surface area contributed by atoms with Gasteiger partial charge in [-0.1, -0.05) is 52.8 Å². The van der Waals surface area contributed by atoms with E-state index in [-0.39, 0.29) is 27.6 Å². The van der Waals surface area contributed by atoms with E-state index >= 15 is 0 Å². The molecule has 4 saturated carbocycles. The van der Waals surface area contributed by atoms with Gasteiger partial charge in [0.2, 0.25) is 0 Å². The van der Waals surface area contributed by atoms with Gasteiger partial charge in [0.25, 0.3) is 0 Å². The van der Waals surface area contributed by atoms with Gasteiger partial charge in [-0.15, -0.1) is 11.3 Å². The van der Waals surface area contributed by atoms with Crippen molar-refractivity contribution in [1.29, 1.82) is 0 Å². The number of fused-ring (bicyclic) bond motifs is 7. The lowest BCUT2D eigenvalue weighted by molar-refractivity contribution is -0.227. The van der Waals surface area contributed by atoms with Gasteiger partial charge in [0.15, 0.2) is 0 Å². The summed E-state index contributed by atoms with van der Waals surface area (Å²) in [6, 6.07) is 3.77. The lowest BCUT2D eigenvalue weighted by Gasteiger charge is -2.72. The highest BCUT2D eigenvalue weighted by Gasteiger charge is 2.71. The lowest BCUT2D eigenvalue weighted by atomic mass is 9.32. The molecule has 1 aromatic heterocycles. The Kier molecular flexibility index (Phi) is 6.23. The smallest absolute Gasteiger partial charge is 0.345 e. The van der Waals surface area contributed by atoms with Crippen LogP contribution in [-0.4, -0.2) is 22.2 Å². The first-order chi connectivity index (χ1) is 18.6. The first-order valence-electron chi connectivity index (χ1n) is 15.6. The zero-order chi connectivity index (χ0) is 29.0. The van der Waals surface area contributed by atoms with E-state index in [1.54, 1.807) is 6.07 Å². The van der Waals surface area contributed by atoms with Crippen LogP contribution in [0.25, 0.3) is 5.57 Å². The summed E-state index contributed by atoms with van der Waals surface area (Å²) in [5, 5.41) is 20.1. The molecule has 5 aliphatic rings. The second-order valence-electron chi connectivity index (χ2n) is 15.7. The Labute approximate surface area is 244 Å². The van der Waals surface area contributed by atoms with Gasteiger partial charge in [0.1, 0.15) is 4.88 Å². The van der Waals surface area contributed by atoms with Crippen LogP contribution in [0.5, 0.6) is 0 Å². The number of hydrogen-bond donors (Lipinski definition) is 2. The Morgan fingerprint density at radius 2 is 1.62 bits per heavy atom. The van der Waals surface area contributed by atoms with Crippen molar-refractivity contribution in [1.82, 2.24) is 0 Å². The molecule has 6 rings (SSSR count). The molecule has 0 radical (unpaired) electrons. The molecule has 4 nitrogen and oxygen atoms in total. The number of rotatable bonds is 4. The largest absolute Gasteiger partial charge is 0.481 e. The van der Waals surface area contributed by atoms with Gasteiger partial charge in [0, 0.05) is 4.88 Å². The zero-order valence-corrected chi connectivity index (χ0v) is 26.1. The highest BCUT2D eigenvalue weighted by molar-refractivity contribution is 7.15. The minimum Gasteiger partial charge on any atom is -0.481 e. The molecular weight excluding hydrogens is 516 g/mol. The van der Waals surface area contributed by atoms with Crippen LogP contribution >= 0.6 is 11.3 Å². The van der Waals surface area contributed by atoms with Crippen molar-refractivity contribution in [2.45, 2.75) is 99.3 Å². The maximum absolute atomic E-state index is 12.9. The molecular formula is C35H48O4S. The molecule has 5 heteroatoms. The van der Waals surface area contributed by atoms with Crippen molar-refractivity contribution >= 4 is 28.8 Å². The molecule has 0 spiro atoms. The highest BCUT2D eigenvalue weighted by Crippen LogP contribution is 2.77. The Bertz CT molecular complexity index is 1300. The first-order valence-corrected chi connectivity index (χ1v) is 16.4. The summed E-state index contributed by atoms with van der Waals surface area (Å²) in [4.78, 5) is 26.0. The van der Waals surface area contributed by atoms with E-state index in [0.717, 1.165) is 43.4 Å². The van der Waals surface area contributed by atoms with Crippen molar-refractivity contribution in [3.8, 4) is 0 Å². The van der Waals surface area contributed by atoms with E-state index < -0.39 is 17.4 Å². The summed E-state index contributed by atoms with van der Waals surface area (Å²) >= 11 is 1.41. The van der Waals surface area contributed by atoms with Crippen LogP contribution < -0.4 is 0 Å². The maximum Gasteiger partial charge on any atom is 0.345 e. The third-order valence-corrected chi connectivity index (χ3v) is 15.3. The summed E-state index contributed by atoms with van der Waals surface area (Å²) in [5.74, 6) is 0.699. The van der Waals surface area contributed by atoms with Crippen molar-refractivity contribution in [2.24, 2.45) is 56.7 Å². The minimum atomic E-state index is -0.843. The molecule has 218 valence electrons. The number of thiophene rings is 1. The Morgan fingerprint density at radius 3 is 2.25 bits per heavy atom. The summed E-state index contributed by atoms with van der Waals surface area (Å²) in [6.07, 6.45) is 11.8. The Hall–Kier alpha value is -1.88. The molecule has 0 aliphatic heterocycles. The second-order valence-corrected chi connectivity index (χ2v) is 16.7. The molecule has 9 atom stereocenters. The van der Waals surface area contributed by atoms with E-state index in [9.17, 15) is 19.8 Å². The Morgan fingerprint density at radius 1 is 0.900 bits per heavy atom. The molecule has 1 heterocycles. The number of hydrogen-bond acceptors (Lipinski definition) is 3. The zero-order valence-electron chi connectivity index (χ0n) is 25.3. The van der Waals surface area contributed by atoms with Gasteiger partial charge < -0.3 is 10.2 Å². The molecule has 0 bridgehead atoms. The fourth-order valence-corrected chi connectivity index (χ4v) is 13.2. The molecule has 5 aliphatic carbocycles. The van der Waals surface area contributed by atoms with Crippen LogP contribution in [0, 0.1) is 56.7 Å². The van der Waals surface area contributed by atoms with Crippen LogP contribution in [0.4, 0.5) is 0 Å². The number of aliphatic carboxylic acids is 1. The van der Waals surface area contributed by atoms with Gasteiger partial charge >= 0.3 is 11.9 Å². The van der Waals surface area contributed by atoms with Crippen LogP contribution in [-0.2, 0) is 4.79 Å². The molecule has 1 aromatic rings. The van der Waals surface area contributed by atoms with Crippen LogP contribution in [0.2, 0.25) is 0 Å². The first kappa shape index (κ1) is 28.2. The lowest BCUT2D eigenvalue weighted by Crippen LogP contribution is -2.65. The van der Waals surface area contributed by atoms with E-state index in [2.05, 4.69) is 54.2 Å². The number of aromatic carboxylic acids is 1. The van der Waals surface area contributed by atoms with Gasteiger partial charge in [0.05, 0.1) is 5.41 Å². The van der Waals surface area contributed by atoms with E-state index in [0.29, 0.717) is 28.5 Å². The average Bonchev–Trinajstić information content (AvgIpc) is 3.50.